The van der Waals surface area contributed by atoms with Crippen LogP contribution in [0, 0.1) is 0 Å². The van der Waals surface area contributed by atoms with E-state index in [1.807, 2.05) is 11.8 Å². The molecule has 1 fully saturated rings. The molecule has 1 saturated heterocycles. The molecule has 0 aromatic rings. The molecule has 0 saturated carbocycles. The average molecular weight is 234 g/mol. The first-order chi connectivity index (χ1) is 6.74. The summed E-state index contributed by atoms with van der Waals surface area (Å²) in [4.78, 5) is 11.6. The summed E-state index contributed by atoms with van der Waals surface area (Å²) in [6.07, 6.45) is 0. The molecule has 0 aromatic heterocycles. The van der Waals surface area contributed by atoms with Gasteiger partial charge in [0.15, 0.2) is 0 Å². The first kappa shape index (κ1) is 12.2. The third-order valence-corrected chi connectivity index (χ3v) is 4.08. The summed E-state index contributed by atoms with van der Waals surface area (Å²) >= 11 is 3.64. The molecule has 1 aliphatic heterocycles. The molecule has 2 unspecified atom stereocenters. The second-order valence-corrected chi connectivity index (χ2v) is 5.69. The van der Waals surface area contributed by atoms with Gasteiger partial charge in [-0.1, -0.05) is 6.92 Å². The van der Waals surface area contributed by atoms with Crippen molar-refractivity contribution in [1.82, 2.24) is 10.6 Å². The monoisotopic (exact) mass is 234 g/mol. The lowest BCUT2D eigenvalue weighted by atomic mass is 10.3. The lowest BCUT2D eigenvalue weighted by molar-refractivity contribution is -0.122. The molecule has 0 bridgehead atoms. The molecule has 2 atom stereocenters. The maximum absolute atomic E-state index is 11.6. The van der Waals surface area contributed by atoms with Gasteiger partial charge in [-0.15, -0.1) is 11.8 Å². The maximum atomic E-state index is 11.6. The Balaban J connectivity index is 2.18. The van der Waals surface area contributed by atoms with Crippen molar-refractivity contribution in [3.63, 3.8) is 0 Å². The van der Waals surface area contributed by atoms with Gasteiger partial charge in [0.2, 0.25) is 5.91 Å². The van der Waals surface area contributed by atoms with Crippen LogP contribution in [0.4, 0.5) is 0 Å². The summed E-state index contributed by atoms with van der Waals surface area (Å²) < 4.78 is 0. The third-order valence-electron chi connectivity index (χ3n) is 1.99. The molecular formula is C9H18N2OS2. The average Bonchev–Trinajstić information content (AvgIpc) is 2.67. The van der Waals surface area contributed by atoms with E-state index in [0.717, 1.165) is 23.1 Å². The highest BCUT2D eigenvalue weighted by Crippen LogP contribution is 2.10. The smallest absolute Gasteiger partial charge is 0.238 e. The number of rotatable bonds is 5. The standard InChI is InChI=1S/C9H18N2OS2/c1-3-13-4-7(2)11-9(12)8-5-14-6-10-8/h7-8,10H,3-6H2,1-2H3,(H,11,12). The van der Waals surface area contributed by atoms with E-state index in [9.17, 15) is 4.79 Å². The Morgan fingerprint density at radius 3 is 3.14 bits per heavy atom. The molecule has 0 aliphatic carbocycles. The van der Waals surface area contributed by atoms with Gasteiger partial charge in [-0.2, -0.15) is 11.8 Å². The fraction of sp³-hybridized carbons (Fsp3) is 0.889. The SMILES string of the molecule is CCSCC(C)NC(=O)C1CSCN1. The van der Waals surface area contributed by atoms with E-state index < -0.39 is 0 Å². The van der Waals surface area contributed by atoms with Crippen LogP contribution in [0.25, 0.3) is 0 Å². The van der Waals surface area contributed by atoms with Gasteiger partial charge in [0.25, 0.3) is 0 Å². The Labute approximate surface area is 94.2 Å². The molecule has 1 rings (SSSR count). The van der Waals surface area contributed by atoms with Crippen molar-refractivity contribution in [3.05, 3.63) is 0 Å². The maximum Gasteiger partial charge on any atom is 0.238 e. The highest BCUT2D eigenvalue weighted by atomic mass is 32.2. The first-order valence-corrected chi connectivity index (χ1v) is 7.24. The van der Waals surface area contributed by atoms with E-state index >= 15 is 0 Å². The molecule has 0 spiro atoms. The van der Waals surface area contributed by atoms with Crippen molar-refractivity contribution in [3.8, 4) is 0 Å². The van der Waals surface area contributed by atoms with Crippen LogP contribution in [-0.4, -0.2) is 41.1 Å². The second kappa shape index (κ2) is 6.58. The highest BCUT2D eigenvalue weighted by Gasteiger charge is 2.23. The molecule has 0 radical (unpaired) electrons. The van der Waals surface area contributed by atoms with E-state index in [2.05, 4.69) is 24.5 Å². The van der Waals surface area contributed by atoms with E-state index in [1.54, 1.807) is 11.8 Å². The minimum Gasteiger partial charge on any atom is -0.351 e. The zero-order valence-corrected chi connectivity index (χ0v) is 10.3. The lowest BCUT2D eigenvalue weighted by Crippen LogP contribution is -2.46. The summed E-state index contributed by atoms with van der Waals surface area (Å²) in [5.41, 5.74) is 0. The van der Waals surface area contributed by atoms with Gasteiger partial charge < -0.3 is 5.32 Å². The zero-order chi connectivity index (χ0) is 10.4. The largest absolute Gasteiger partial charge is 0.351 e. The van der Waals surface area contributed by atoms with Crippen molar-refractivity contribution >= 4 is 29.4 Å². The number of carbonyl (C=O) groups excluding carboxylic acids is 1. The first-order valence-electron chi connectivity index (χ1n) is 4.93. The highest BCUT2D eigenvalue weighted by molar-refractivity contribution is 7.99. The summed E-state index contributed by atoms with van der Waals surface area (Å²) in [5.74, 6) is 4.06. The van der Waals surface area contributed by atoms with Crippen molar-refractivity contribution in [2.75, 3.05) is 23.1 Å². The Morgan fingerprint density at radius 2 is 2.57 bits per heavy atom. The normalized spacial score (nSPS) is 23.4. The van der Waals surface area contributed by atoms with Crippen LogP contribution in [0.15, 0.2) is 0 Å². The van der Waals surface area contributed by atoms with E-state index in [-0.39, 0.29) is 18.0 Å². The molecule has 1 heterocycles. The second-order valence-electron chi connectivity index (χ2n) is 3.34. The van der Waals surface area contributed by atoms with Gasteiger partial charge in [0.05, 0.1) is 6.04 Å². The Kier molecular flexibility index (Phi) is 5.74. The van der Waals surface area contributed by atoms with Crippen LogP contribution < -0.4 is 10.6 Å². The minimum absolute atomic E-state index is 0.0223. The number of hydrogen-bond donors (Lipinski definition) is 2. The van der Waals surface area contributed by atoms with Gasteiger partial charge in [0.1, 0.15) is 0 Å². The Hall–Kier alpha value is 0.130. The molecule has 5 heteroatoms. The number of amides is 1. The van der Waals surface area contributed by atoms with Gasteiger partial charge >= 0.3 is 0 Å². The van der Waals surface area contributed by atoms with Gasteiger partial charge in [-0.25, -0.2) is 0 Å². The van der Waals surface area contributed by atoms with Gasteiger partial charge in [-0.05, 0) is 12.7 Å². The van der Waals surface area contributed by atoms with Crippen LogP contribution in [0.5, 0.6) is 0 Å². The summed E-state index contributed by atoms with van der Waals surface area (Å²) in [6.45, 7) is 4.19. The number of hydrogen-bond acceptors (Lipinski definition) is 4. The fourth-order valence-electron chi connectivity index (χ4n) is 1.24. The van der Waals surface area contributed by atoms with Gasteiger partial charge in [0, 0.05) is 23.4 Å². The van der Waals surface area contributed by atoms with Crippen LogP contribution in [0.2, 0.25) is 0 Å². The fourth-order valence-corrected chi connectivity index (χ4v) is 2.86. The quantitative estimate of drug-likeness (QED) is 0.742. The Morgan fingerprint density at radius 1 is 1.79 bits per heavy atom. The van der Waals surface area contributed by atoms with Crippen LogP contribution in [-0.2, 0) is 4.79 Å². The van der Waals surface area contributed by atoms with Crippen molar-refractivity contribution in [1.29, 1.82) is 0 Å². The summed E-state index contributed by atoms with van der Waals surface area (Å²) in [5, 5.41) is 6.18. The van der Waals surface area contributed by atoms with E-state index in [0.29, 0.717) is 0 Å². The Bertz CT molecular complexity index is 184. The summed E-state index contributed by atoms with van der Waals surface area (Å²) in [6, 6.07) is 0.300. The zero-order valence-electron chi connectivity index (χ0n) is 8.71. The third kappa shape index (κ3) is 4.11. The minimum atomic E-state index is 0.0223. The van der Waals surface area contributed by atoms with Gasteiger partial charge in [-0.3, -0.25) is 10.1 Å². The molecule has 1 amide bonds. The van der Waals surface area contributed by atoms with E-state index in [4.69, 9.17) is 0 Å². The van der Waals surface area contributed by atoms with Crippen LogP contribution in [0.1, 0.15) is 13.8 Å². The topological polar surface area (TPSA) is 41.1 Å². The number of thioether (sulfide) groups is 2. The van der Waals surface area contributed by atoms with Crippen molar-refractivity contribution < 1.29 is 4.79 Å². The van der Waals surface area contributed by atoms with Crippen molar-refractivity contribution in [2.24, 2.45) is 0 Å². The predicted octanol–water partition coefficient (Wildman–Crippen LogP) is 0.907. The molecule has 1 aliphatic rings. The van der Waals surface area contributed by atoms with Crippen molar-refractivity contribution in [2.45, 2.75) is 25.9 Å². The molecule has 82 valence electrons. The molecular weight excluding hydrogens is 216 g/mol. The van der Waals surface area contributed by atoms with Crippen LogP contribution >= 0.6 is 23.5 Å². The molecule has 2 N–H and O–H groups in total. The van der Waals surface area contributed by atoms with Crippen LogP contribution in [0.3, 0.4) is 0 Å². The lowest BCUT2D eigenvalue weighted by Gasteiger charge is -2.16. The van der Waals surface area contributed by atoms with E-state index in [1.165, 1.54) is 0 Å². The number of carbonyl (C=O) groups is 1. The predicted molar refractivity (Wildman–Crippen MR) is 64.9 cm³/mol. The molecule has 0 aromatic carbocycles. The summed E-state index contributed by atoms with van der Waals surface area (Å²) in [7, 11) is 0. The molecule has 14 heavy (non-hydrogen) atoms. The number of nitrogens with one attached hydrogen (secondary N) is 2. The molecule has 3 nitrogen and oxygen atoms in total.